The maximum atomic E-state index is 13.1. The quantitative estimate of drug-likeness (QED) is 0.824. The Morgan fingerprint density at radius 2 is 2.11 bits per heavy atom. The maximum Gasteiger partial charge on any atom is 0.407 e. The second-order valence-electron chi connectivity index (χ2n) is 7.89. The van der Waals surface area contributed by atoms with Crippen molar-refractivity contribution >= 4 is 12.0 Å². The first-order chi connectivity index (χ1) is 12.8. The number of amides is 2. The van der Waals surface area contributed by atoms with E-state index in [-0.39, 0.29) is 24.6 Å². The molecule has 0 bridgehead atoms. The monoisotopic (exact) mass is 376 g/mol. The van der Waals surface area contributed by atoms with E-state index in [4.69, 9.17) is 9.47 Å². The number of hydrogen-bond acceptors (Lipinski definition) is 4. The number of hydrogen-bond donors (Lipinski definition) is 1. The van der Waals surface area contributed by atoms with Crippen molar-refractivity contribution in [3.05, 3.63) is 41.2 Å². The maximum absolute atomic E-state index is 13.1. The molecule has 1 heterocycles. The molecule has 6 nitrogen and oxygen atoms in total. The van der Waals surface area contributed by atoms with Crippen molar-refractivity contribution in [1.82, 2.24) is 10.2 Å². The summed E-state index contributed by atoms with van der Waals surface area (Å²) in [6.45, 7) is 5.84. The average Bonchev–Trinajstić information content (AvgIpc) is 3.38. The van der Waals surface area contributed by atoms with Gasteiger partial charge < -0.3 is 19.7 Å². The Kier molecular flexibility index (Phi) is 5.39. The number of fused-ring (bicyclic) bond motifs is 1. The highest BCUT2D eigenvalue weighted by molar-refractivity contribution is 5.98. The van der Waals surface area contributed by atoms with Gasteiger partial charge in [-0.15, -0.1) is 0 Å². The molecule has 1 aromatic carbocycles. The van der Waals surface area contributed by atoms with Gasteiger partial charge in [0.15, 0.2) is 0 Å². The third kappa shape index (κ3) is 4.99. The molecule has 0 atom stereocenters. The molecular formula is C20H25FN2O4. The summed E-state index contributed by atoms with van der Waals surface area (Å²) in [5.74, 6) is 0.640. The van der Waals surface area contributed by atoms with E-state index in [1.807, 2.05) is 11.0 Å². The van der Waals surface area contributed by atoms with E-state index < -0.39 is 11.7 Å². The summed E-state index contributed by atoms with van der Waals surface area (Å²) < 4.78 is 23.8. The molecule has 1 aromatic rings. The van der Waals surface area contributed by atoms with Crippen LogP contribution in [0.1, 0.15) is 49.5 Å². The van der Waals surface area contributed by atoms with Gasteiger partial charge in [-0.25, -0.2) is 9.18 Å². The highest BCUT2D eigenvalue weighted by Crippen LogP contribution is 2.35. The number of rotatable bonds is 6. The predicted molar refractivity (Wildman–Crippen MR) is 98.3 cm³/mol. The molecule has 0 radical (unpaired) electrons. The van der Waals surface area contributed by atoms with Crippen LogP contribution >= 0.6 is 0 Å². The minimum absolute atomic E-state index is 0.00856. The third-order valence-electron chi connectivity index (χ3n) is 4.33. The molecule has 0 spiro atoms. The van der Waals surface area contributed by atoms with Crippen molar-refractivity contribution in [2.75, 3.05) is 13.2 Å². The fraction of sp³-hybridized carbons (Fsp3) is 0.500. The van der Waals surface area contributed by atoms with Crippen molar-refractivity contribution in [3.63, 3.8) is 0 Å². The number of carbonyl (C=O) groups is 2. The van der Waals surface area contributed by atoms with Gasteiger partial charge in [0, 0.05) is 30.3 Å². The minimum Gasteiger partial charge on any atom is -0.489 e. The summed E-state index contributed by atoms with van der Waals surface area (Å²) in [4.78, 5) is 25.9. The van der Waals surface area contributed by atoms with Gasteiger partial charge in [0.1, 0.15) is 18.0 Å². The highest BCUT2D eigenvalue weighted by Gasteiger charge is 2.38. The molecule has 27 heavy (non-hydrogen) atoms. The fourth-order valence-electron chi connectivity index (χ4n) is 2.89. The van der Waals surface area contributed by atoms with Gasteiger partial charge in [-0.3, -0.25) is 4.79 Å². The molecule has 1 saturated carbocycles. The number of alkyl carbamates (subject to hydrolysis) is 1. The zero-order valence-electron chi connectivity index (χ0n) is 15.9. The Bertz CT molecular complexity index is 766. The Hall–Kier alpha value is -2.57. The first-order valence-electron chi connectivity index (χ1n) is 9.08. The van der Waals surface area contributed by atoms with Crippen LogP contribution in [0.15, 0.2) is 30.1 Å². The van der Waals surface area contributed by atoms with Gasteiger partial charge in [0.2, 0.25) is 0 Å². The number of halogens is 1. The normalized spacial score (nSPS) is 17.0. The molecule has 3 rings (SSSR count). The fourth-order valence-corrected chi connectivity index (χ4v) is 2.89. The van der Waals surface area contributed by atoms with E-state index in [0.29, 0.717) is 30.2 Å². The van der Waals surface area contributed by atoms with E-state index in [1.165, 1.54) is 0 Å². The summed E-state index contributed by atoms with van der Waals surface area (Å²) in [5.41, 5.74) is 1.30. The lowest BCUT2D eigenvalue weighted by atomic mass is 10.1. The van der Waals surface area contributed by atoms with Crippen LogP contribution in [0.2, 0.25) is 0 Å². The first-order valence-corrected chi connectivity index (χ1v) is 9.08. The number of nitrogens with zero attached hydrogens (tertiary/aromatic N) is 1. The summed E-state index contributed by atoms with van der Waals surface area (Å²) >= 11 is 0. The lowest BCUT2D eigenvalue weighted by Gasteiger charge is -2.20. The average molecular weight is 376 g/mol. The van der Waals surface area contributed by atoms with Crippen LogP contribution < -0.4 is 10.1 Å². The molecule has 2 amide bonds. The van der Waals surface area contributed by atoms with E-state index in [0.717, 1.165) is 18.4 Å². The van der Waals surface area contributed by atoms with Gasteiger partial charge in [0.25, 0.3) is 5.91 Å². The van der Waals surface area contributed by atoms with Gasteiger partial charge in [-0.05, 0) is 57.4 Å². The van der Waals surface area contributed by atoms with Crippen LogP contribution in [0.5, 0.6) is 5.75 Å². The molecule has 1 N–H and O–H groups in total. The zero-order chi connectivity index (χ0) is 19.6. The number of benzene rings is 1. The van der Waals surface area contributed by atoms with Crippen LogP contribution in [0, 0.1) is 0 Å². The van der Waals surface area contributed by atoms with Crippen molar-refractivity contribution in [2.45, 2.75) is 51.8 Å². The zero-order valence-corrected chi connectivity index (χ0v) is 15.9. The SMILES string of the molecule is CC(C)(C)OC(=O)NC/C(=C\F)COc1ccc2c(c1)CN(C1CC1)C2=O. The number of carbonyl (C=O) groups excluding carboxylic acids is 2. The van der Waals surface area contributed by atoms with Crippen LogP contribution in [0.3, 0.4) is 0 Å². The first kappa shape index (κ1) is 19.2. The van der Waals surface area contributed by atoms with Crippen LogP contribution in [0.25, 0.3) is 0 Å². The predicted octanol–water partition coefficient (Wildman–Crippen LogP) is 3.56. The Morgan fingerprint density at radius 3 is 2.74 bits per heavy atom. The smallest absolute Gasteiger partial charge is 0.407 e. The van der Waals surface area contributed by atoms with Crippen molar-refractivity contribution in [1.29, 1.82) is 0 Å². The van der Waals surface area contributed by atoms with Crippen LogP contribution in [-0.4, -0.2) is 41.7 Å². The van der Waals surface area contributed by atoms with Crippen molar-refractivity contribution in [2.24, 2.45) is 0 Å². The van der Waals surface area contributed by atoms with Gasteiger partial charge in [0.05, 0.1) is 6.33 Å². The number of nitrogens with one attached hydrogen (secondary N) is 1. The second kappa shape index (κ2) is 7.58. The van der Waals surface area contributed by atoms with Gasteiger partial charge >= 0.3 is 6.09 Å². The summed E-state index contributed by atoms with van der Waals surface area (Å²) in [6, 6.07) is 5.67. The van der Waals surface area contributed by atoms with E-state index in [9.17, 15) is 14.0 Å². The van der Waals surface area contributed by atoms with E-state index in [2.05, 4.69) is 5.32 Å². The Morgan fingerprint density at radius 1 is 1.37 bits per heavy atom. The molecule has 146 valence electrons. The van der Waals surface area contributed by atoms with Gasteiger partial charge in [-0.2, -0.15) is 0 Å². The standard InChI is InChI=1S/C20H25FN2O4/c1-20(2,3)27-19(25)22-10-13(9-21)12-26-16-6-7-17-14(8-16)11-23(18(17)24)15-4-5-15/h6-9,15H,4-5,10-12H2,1-3H3,(H,22,25)/b13-9+. The molecule has 0 saturated heterocycles. The second-order valence-corrected chi connectivity index (χ2v) is 7.89. The molecule has 2 aliphatic rings. The topological polar surface area (TPSA) is 67.9 Å². The molecule has 7 heteroatoms. The molecule has 1 fully saturated rings. The summed E-state index contributed by atoms with van der Waals surface area (Å²) in [5, 5.41) is 2.50. The lowest BCUT2D eigenvalue weighted by Crippen LogP contribution is -2.34. The number of ether oxygens (including phenoxy) is 2. The Balaban J connectivity index is 1.51. The van der Waals surface area contributed by atoms with Crippen molar-refractivity contribution in [3.8, 4) is 5.75 Å². The Labute approximate surface area is 158 Å². The third-order valence-corrected chi connectivity index (χ3v) is 4.33. The van der Waals surface area contributed by atoms with E-state index in [1.54, 1.807) is 32.9 Å². The summed E-state index contributed by atoms with van der Waals surface area (Å²) in [7, 11) is 0. The van der Waals surface area contributed by atoms with Crippen LogP contribution in [-0.2, 0) is 11.3 Å². The molecule has 1 aliphatic carbocycles. The molecule has 0 unspecified atom stereocenters. The molecule has 0 aromatic heterocycles. The minimum atomic E-state index is -0.615. The van der Waals surface area contributed by atoms with Crippen molar-refractivity contribution < 1.29 is 23.5 Å². The highest BCUT2D eigenvalue weighted by atomic mass is 19.1. The van der Waals surface area contributed by atoms with Gasteiger partial charge in [-0.1, -0.05) is 0 Å². The molecule has 1 aliphatic heterocycles. The molecular weight excluding hydrogens is 351 g/mol. The largest absolute Gasteiger partial charge is 0.489 e. The van der Waals surface area contributed by atoms with E-state index >= 15 is 0 Å². The van der Waals surface area contributed by atoms with Crippen LogP contribution in [0.4, 0.5) is 9.18 Å². The lowest BCUT2D eigenvalue weighted by molar-refractivity contribution is 0.0531. The summed E-state index contributed by atoms with van der Waals surface area (Å²) in [6.07, 6.45) is 1.94.